The third kappa shape index (κ3) is 4.83. The number of anilines is 1. The predicted molar refractivity (Wildman–Crippen MR) is 139 cm³/mol. The van der Waals surface area contributed by atoms with Crippen LogP contribution < -0.4 is 10.5 Å². The fourth-order valence-electron chi connectivity index (χ4n) is 3.79. The summed E-state index contributed by atoms with van der Waals surface area (Å²) in [7, 11) is 2.91. The molecule has 1 aromatic heterocycles. The Morgan fingerprint density at radius 2 is 1.74 bits per heavy atom. The highest BCUT2D eigenvalue weighted by atomic mass is 32.2. The lowest BCUT2D eigenvalue weighted by Crippen LogP contribution is -2.30. The molecule has 0 spiro atoms. The fraction of sp³-hybridized carbons (Fsp3) is 0.185. The van der Waals surface area contributed by atoms with Crippen LogP contribution in [0.3, 0.4) is 0 Å². The van der Waals surface area contributed by atoms with Gasteiger partial charge in [-0.1, -0.05) is 48.2 Å². The van der Waals surface area contributed by atoms with E-state index in [0.29, 0.717) is 27.3 Å². The Morgan fingerprint density at radius 3 is 2.51 bits per heavy atom. The number of ether oxygens (including phenoxy) is 1. The molecule has 35 heavy (non-hydrogen) atoms. The molecule has 178 valence electrons. The highest BCUT2D eigenvalue weighted by Gasteiger charge is 2.21. The van der Waals surface area contributed by atoms with Crippen LogP contribution in [0.1, 0.15) is 21.5 Å². The molecular formula is C27H25N3O4S. The molecule has 0 radical (unpaired) electrons. The summed E-state index contributed by atoms with van der Waals surface area (Å²) in [6.45, 7) is 3.90. The number of thioether (sulfide) groups is 1. The molecule has 8 heteroatoms. The van der Waals surface area contributed by atoms with Crippen molar-refractivity contribution in [2.45, 2.75) is 19.0 Å². The van der Waals surface area contributed by atoms with Crippen LogP contribution in [0.4, 0.5) is 5.69 Å². The molecule has 3 aromatic carbocycles. The summed E-state index contributed by atoms with van der Waals surface area (Å²) in [5, 5.41) is 0.929. The number of amides is 1. The van der Waals surface area contributed by atoms with Crippen molar-refractivity contribution in [3.63, 3.8) is 0 Å². The minimum Gasteiger partial charge on any atom is -0.465 e. The Kier molecular flexibility index (Phi) is 7.02. The largest absolute Gasteiger partial charge is 0.465 e. The van der Waals surface area contributed by atoms with Crippen LogP contribution in [0.5, 0.6) is 0 Å². The van der Waals surface area contributed by atoms with Gasteiger partial charge in [0.2, 0.25) is 5.91 Å². The Bertz CT molecular complexity index is 1500. The summed E-state index contributed by atoms with van der Waals surface area (Å²) >= 11 is 1.18. The first kappa shape index (κ1) is 24.2. The number of carbonyl (C=O) groups is 2. The van der Waals surface area contributed by atoms with E-state index < -0.39 is 5.97 Å². The topological polar surface area (TPSA) is 81.5 Å². The van der Waals surface area contributed by atoms with Crippen LogP contribution in [0.15, 0.2) is 76.7 Å². The average Bonchev–Trinajstić information content (AvgIpc) is 2.88. The van der Waals surface area contributed by atoms with Gasteiger partial charge in [0.15, 0.2) is 5.16 Å². The molecule has 7 nitrogen and oxygen atoms in total. The minimum absolute atomic E-state index is 0.0155. The Balaban J connectivity index is 1.72. The zero-order valence-electron chi connectivity index (χ0n) is 19.9. The Hall–Kier alpha value is -3.91. The van der Waals surface area contributed by atoms with E-state index >= 15 is 0 Å². The second kappa shape index (κ2) is 10.1. The SMILES string of the molecule is COC(=O)c1ccccc1N(C)C(=O)CSc1nc2ccccc2c(=O)n1-c1cc(C)ccc1C. The van der Waals surface area contributed by atoms with Crippen LogP contribution in [0.2, 0.25) is 0 Å². The molecule has 0 aliphatic rings. The smallest absolute Gasteiger partial charge is 0.339 e. The molecular weight excluding hydrogens is 462 g/mol. The molecule has 1 amide bonds. The van der Waals surface area contributed by atoms with Crippen LogP contribution >= 0.6 is 11.8 Å². The average molecular weight is 488 g/mol. The minimum atomic E-state index is -0.520. The van der Waals surface area contributed by atoms with E-state index in [1.165, 1.54) is 23.8 Å². The van der Waals surface area contributed by atoms with Crippen molar-refractivity contribution in [2.75, 3.05) is 24.8 Å². The number of para-hydroxylation sites is 2. The van der Waals surface area contributed by atoms with Gasteiger partial charge in [0, 0.05) is 7.05 Å². The van der Waals surface area contributed by atoms with E-state index in [-0.39, 0.29) is 17.2 Å². The molecule has 0 unspecified atom stereocenters. The van der Waals surface area contributed by atoms with Gasteiger partial charge in [0.05, 0.1) is 40.7 Å². The number of aryl methyl sites for hydroxylation is 2. The van der Waals surface area contributed by atoms with Crippen molar-refractivity contribution in [3.05, 3.63) is 93.8 Å². The number of nitrogens with zero attached hydrogens (tertiary/aromatic N) is 3. The molecule has 0 atom stereocenters. The number of aromatic nitrogens is 2. The molecule has 0 saturated heterocycles. The zero-order valence-corrected chi connectivity index (χ0v) is 20.8. The summed E-state index contributed by atoms with van der Waals surface area (Å²) in [6, 6.07) is 19.8. The van der Waals surface area contributed by atoms with Gasteiger partial charge in [-0.3, -0.25) is 14.2 Å². The van der Waals surface area contributed by atoms with Gasteiger partial charge in [0.25, 0.3) is 5.56 Å². The van der Waals surface area contributed by atoms with Crippen molar-refractivity contribution in [2.24, 2.45) is 0 Å². The number of benzene rings is 3. The van der Waals surface area contributed by atoms with Gasteiger partial charge >= 0.3 is 5.97 Å². The number of esters is 1. The Morgan fingerprint density at radius 1 is 1.03 bits per heavy atom. The van der Waals surface area contributed by atoms with Crippen LogP contribution in [-0.4, -0.2) is 41.3 Å². The van der Waals surface area contributed by atoms with Crippen LogP contribution in [0, 0.1) is 13.8 Å². The first-order valence-corrected chi connectivity index (χ1v) is 12.0. The first-order chi connectivity index (χ1) is 16.8. The van der Waals surface area contributed by atoms with Gasteiger partial charge in [-0.2, -0.15) is 0 Å². The standard InChI is InChI=1S/C27H25N3O4S/c1-17-13-14-18(2)23(15-17)30-25(32)19-9-5-7-11-21(19)28-27(30)35-16-24(31)29(3)22-12-8-6-10-20(22)26(33)34-4/h5-15H,16H2,1-4H3. The summed E-state index contributed by atoms with van der Waals surface area (Å²) in [6.07, 6.45) is 0. The highest BCUT2D eigenvalue weighted by molar-refractivity contribution is 7.99. The van der Waals surface area contributed by atoms with Crippen molar-refractivity contribution in [1.82, 2.24) is 9.55 Å². The maximum atomic E-state index is 13.5. The molecule has 4 aromatic rings. The molecule has 1 heterocycles. The Labute approximate surface area is 207 Å². The van der Waals surface area contributed by atoms with Gasteiger partial charge in [-0.05, 0) is 55.3 Å². The zero-order chi connectivity index (χ0) is 25.1. The number of rotatable bonds is 6. The quantitative estimate of drug-likeness (QED) is 0.226. The summed E-state index contributed by atoms with van der Waals surface area (Å²) in [5.74, 6) is -0.754. The van der Waals surface area contributed by atoms with Gasteiger partial charge in [-0.25, -0.2) is 9.78 Å². The van der Waals surface area contributed by atoms with Gasteiger partial charge in [-0.15, -0.1) is 0 Å². The highest BCUT2D eigenvalue weighted by Crippen LogP contribution is 2.26. The summed E-state index contributed by atoms with van der Waals surface area (Å²) in [5.41, 5.74) is 3.79. The van der Waals surface area contributed by atoms with Crippen molar-refractivity contribution in [3.8, 4) is 5.69 Å². The van der Waals surface area contributed by atoms with Crippen LogP contribution in [-0.2, 0) is 9.53 Å². The molecule has 0 bridgehead atoms. The van der Waals surface area contributed by atoms with E-state index in [4.69, 9.17) is 9.72 Å². The number of carbonyl (C=O) groups excluding carboxylic acids is 2. The summed E-state index contributed by atoms with van der Waals surface area (Å²) in [4.78, 5) is 45.0. The third-order valence-corrected chi connectivity index (χ3v) is 6.64. The van der Waals surface area contributed by atoms with E-state index in [1.807, 2.05) is 44.2 Å². The van der Waals surface area contributed by atoms with E-state index in [0.717, 1.165) is 16.8 Å². The third-order valence-electron chi connectivity index (χ3n) is 5.72. The fourth-order valence-corrected chi connectivity index (χ4v) is 4.71. The molecule has 0 saturated carbocycles. The molecule has 0 N–H and O–H groups in total. The van der Waals surface area contributed by atoms with Gasteiger partial charge in [0.1, 0.15) is 0 Å². The van der Waals surface area contributed by atoms with E-state index in [2.05, 4.69) is 0 Å². The van der Waals surface area contributed by atoms with Crippen molar-refractivity contribution >= 4 is 40.2 Å². The van der Waals surface area contributed by atoms with E-state index in [9.17, 15) is 14.4 Å². The lowest BCUT2D eigenvalue weighted by atomic mass is 10.1. The summed E-state index contributed by atoms with van der Waals surface area (Å²) < 4.78 is 6.42. The number of hydrogen-bond donors (Lipinski definition) is 0. The number of methoxy groups -OCH3 is 1. The number of fused-ring (bicyclic) bond motifs is 1. The van der Waals surface area contributed by atoms with Gasteiger partial charge < -0.3 is 9.64 Å². The lowest BCUT2D eigenvalue weighted by Gasteiger charge is -2.20. The number of hydrogen-bond acceptors (Lipinski definition) is 6. The molecule has 0 aliphatic heterocycles. The second-order valence-electron chi connectivity index (χ2n) is 8.09. The van der Waals surface area contributed by atoms with Crippen LogP contribution in [0.25, 0.3) is 16.6 Å². The molecule has 0 fully saturated rings. The monoisotopic (exact) mass is 487 g/mol. The van der Waals surface area contributed by atoms with Crippen molar-refractivity contribution in [1.29, 1.82) is 0 Å². The first-order valence-electron chi connectivity index (χ1n) is 11.0. The maximum absolute atomic E-state index is 13.5. The molecule has 4 rings (SSSR count). The lowest BCUT2D eigenvalue weighted by molar-refractivity contribution is -0.115. The van der Waals surface area contributed by atoms with Crippen molar-refractivity contribution < 1.29 is 14.3 Å². The maximum Gasteiger partial charge on any atom is 0.339 e. The second-order valence-corrected chi connectivity index (χ2v) is 9.03. The predicted octanol–water partition coefficient (Wildman–Crippen LogP) is 4.54. The van der Waals surface area contributed by atoms with E-state index in [1.54, 1.807) is 48.0 Å². The molecule has 0 aliphatic carbocycles. The normalized spacial score (nSPS) is 10.9.